The van der Waals surface area contributed by atoms with Crippen LogP contribution in [0.5, 0.6) is 5.75 Å². The average Bonchev–Trinajstić information content (AvgIpc) is 2.64. The van der Waals surface area contributed by atoms with E-state index in [1.165, 1.54) is 6.42 Å². The zero-order valence-electron chi connectivity index (χ0n) is 14.3. The van der Waals surface area contributed by atoms with Gasteiger partial charge in [0.1, 0.15) is 11.4 Å². The van der Waals surface area contributed by atoms with Crippen molar-refractivity contribution >= 4 is 5.70 Å². The fourth-order valence-electron chi connectivity index (χ4n) is 4.10. The van der Waals surface area contributed by atoms with Crippen molar-refractivity contribution in [2.75, 3.05) is 0 Å². The van der Waals surface area contributed by atoms with E-state index < -0.39 is 0 Å². The first-order valence-corrected chi connectivity index (χ1v) is 8.78. The highest BCUT2D eigenvalue weighted by Crippen LogP contribution is 2.47. The summed E-state index contributed by atoms with van der Waals surface area (Å²) in [5, 5.41) is 9.28. The predicted molar refractivity (Wildman–Crippen MR) is 96.3 cm³/mol. The monoisotopic (exact) mass is 332 g/mol. The molecule has 2 heterocycles. The lowest BCUT2D eigenvalue weighted by Gasteiger charge is -2.43. The van der Waals surface area contributed by atoms with Gasteiger partial charge in [-0.3, -0.25) is 9.36 Å². The third-order valence-electron chi connectivity index (χ3n) is 5.43. The molecule has 0 amide bonds. The molecule has 0 bridgehead atoms. The van der Waals surface area contributed by atoms with Crippen LogP contribution in [0.2, 0.25) is 0 Å². The maximum absolute atomic E-state index is 12.5. The molecule has 1 aliphatic carbocycles. The summed E-state index contributed by atoms with van der Waals surface area (Å²) in [7, 11) is 0. The average molecular weight is 332 g/mol. The quantitative estimate of drug-likeness (QED) is 0.790. The molecular weight excluding hydrogens is 312 g/mol. The van der Waals surface area contributed by atoms with Gasteiger partial charge in [-0.15, -0.1) is 0 Å². The van der Waals surface area contributed by atoms with E-state index in [0.29, 0.717) is 5.56 Å². The SMILES string of the molecule is CC1=C(n2ccccc2=O)c2cc(C#N)ccc2OC12CCCCC2. The van der Waals surface area contributed by atoms with Crippen LogP contribution in [0.1, 0.15) is 50.2 Å². The highest BCUT2D eigenvalue weighted by Gasteiger charge is 2.42. The van der Waals surface area contributed by atoms with Crippen LogP contribution < -0.4 is 10.3 Å². The Morgan fingerprint density at radius 3 is 2.68 bits per heavy atom. The van der Waals surface area contributed by atoms with Crippen molar-refractivity contribution in [3.63, 3.8) is 0 Å². The van der Waals surface area contributed by atoms with Crippen LogP contribution in [-0.2, 0) is 0 Å². The van der Waals surface area contributed by atoms with E-state index in [4.69, 9.17) is 4.74 Å². The maximum atomic E-state index is 12.5. The largest absolute Gasteiger partial charge is 0.482 e. The fourth-order valence-corrected chi connectivity index (χ4v) is 4.10. The zero-order chi connectivity index (χ0) is 17.4. The molecule has 1 fully saturated rings. The molecule has 4 heteroatoms. The summed E-state index contributed by atoms with van der Waals surface area (Å²) < 4.78 is 8.17. The molecule has 4 nitrogen and oxygen atoms in total. The van der Waals surface area contributed by atoms with E-state index in [1.54, 1.807) is 29.0 Å². The maximum Gasteiger partial charge on any atom is 0.255 e. The highest BCUT2D eigenvalue weighted by molar-refractivity contribution is 5.77. The predicted octanol–water partition coefficient (Wildman–Crippen LogP) is 4.09. The van der Waals surface area contributed by atoms with Crippen molar-refractivity contribution in [2.24, 2.45) is 0 Å². The molecule has 1 saturated carbocycles. The lowest BCUT2D eigenvalue weighted by molar-refractivity contribution is 0.0620. The summed E-state index contributed by atoms with van der Waals surface area (Å²) in [5.74, 6) is 0.761. The first kappa shape index (κ1) is 15.7. The summed E-state index contributed by atoms with van der Waals surface area (Å²) in [5.41, 5.74) is 2.92. The zero-order valence-corrected chi connectivity index (χ0v) is 14.3. The van der Waals surface area contributed by atoms with Gasteiger partial charge in [0, 0.05) is 17.8 Å². The van der Waals surface area contributed by atoms with E-state index in [2.05, 4.69) is 13.0 Å². The minimum absolute atomic E-state index is 0.0713. The van der Waals surface area contributed by atoms with Gasteiger partial charge in [0.05, 0.1) is 17.3 Å². The van der Waals surface area contributed by atoms with Gasteiger partial charge in [0.15, 0.2) is 0 Å². The Morgan fingerprint density at radius 2 is 1.96 bits per heavy atom. The van der Waals surface area contributed by atoms with Gasteiger partial charge in [-0.25, -0.2) is 0 Å². The normalized spacial score (nSPS) is 18.4. The fraction of sp³-hybridized carbons (Fsp3) is 0.333. The molecule has 0 N–H and O–H groups in total. The van der Waals surface area contributed by atoms with Crippen LogP contribution >= 0.6 is 0 Å². The van der Waals surface area contributed by atoms with Gasteiger partial charge in [0.2, 0.25) is 0 Å². The lowest BCUT2D eigenvalue weighted by Crippen LogP contribution is -2.43. The van der Waals surface area contributed by atoms with Crippen molar-refractivity contribution in [2.45, 2.75) is 44.6 Å². The third kappa shape index (κ3) is 2.47. The van der Waals surface area contributed by atoms with Crippen molar-refractivity contribution in [1.29, 1.82) is 5.26 Å². The van der Waals surface area contributed by atoms with Crippen LogP contribution in [0.15, 0.2) is 53.0 Å². The third-order valence-corrected chi connectivity index (χ3v) is 5.43. The molecule has 0 radical (unpaired) electrons. The highest BCUT2D eigenvalue weighted by atomic mass is 16.5. The summed E-state index contributed by atoms with van der Waals surface area (Å²) in [6.07, 6.45) is 7.19. The molecule has 126 valence electrons. The summed E-state index contributed by atoms with van der Waals surface area (Å²) in [4.78, 5) is 12.5. The van der Waals surface area contributed by atoms with Crippen molar-refractivity contribution in [3.05, 3.63) is 69.6 Å². The Morgan fingerprint density at radius 1 is 1.16 bits per heavy atom. The van der Waals surface area contributed by atoms with Gasteiger partial charge < -0.3 is 4.74 Å². The molecule has 4 rings (SSSR count). The van der Waals surface area contributed by atoms with Gasteiger partial charge in [-0.2, -0.15) is 5.26 Å². The Labute approximate surface area is 147 Å². The minimum Gasteiger partial charge on any atom is -0.482 e. The number of ether oxygens (including phenoxy) is 1. The number of benzene rings is 1. The van der Waals surface area contributed by atoms with Gasteiger partial charge in [-0.1, -0.05) is 12.5 Å². The Hall–Kier alpha value is -2.80. The van der Waals surface area contributed by atoms with Gasteiger partial charge in [0.25, 0.3) is 5.56 Å². The lowest BCUT2D eigenvalue weighted by atomic mass is 9.76. The summed E-state index contributed by atoms with van der Waals surface area (Å²) in [6.45, 7) is 2.07. The number of nitriles is 1. The van der Waals surface area contributed by atoms with E-state index in [0.717, 1.165) is 48.3 Å². The molecule has 1 aromatic carbocycles. The summed E-state index contributed by atoms with van der Waals surface area (Å²) >= 11 is 0. The first-order valence-electron chi connectivity index (χ1n) is 8.78. The van der Waals surface area contributed by atoms with Crippen LogP contribution in [0.4, 0.5) is 0 Å². The van der Waals surface area contributed by atoms with E-state index >= 15 is 0 Å². The first-order chi connectivity index (χ1) is 12.1. The van der Waals surface area contributed by atoms with Crippen LogP contribution in [-0.4, -0.2) is 10.2 Å². The summed E-state index contributed by atoms with van der Waals surface area (Å²) in [6, 6.07) is 12.8. The van der Waals surface area contributed by atoms with Gasteiger partial charge >= 0.3 is 0 Å². The van der Waals surface area contributed by atoms with E-state index in [-0.39, 0.29) is 11.2 Å². The number of rotatable bonds is 1. The van der Waals surface area contributed by atoms with Crippen LogP contribution in [0.3, 0.4) is 0 Å². The van der Waals surface area contributed by atoms with E-state index in [1.807, 2.05) is 18.2 Å². The molecule has 1 aliphatic heterocycles. The van der Waals surface area contributed by atoms with Gasteiger partial charge in [-0.05, 0) is 62.4 Å². The Balaban J connectivity index is 2.01. The molecule has 2 aromatic rings. The van der Waals surface area contributed by atoms with Crippen LogP contribution in [0.25, 0.3) is 5.70 Å². The number of fused-ring (bicyclic) bond motifs is 1. The van der Waals surface area contributed by atoms with Crippen molar-refractivity contribution in [1.82, 2.24) is 4.57 Å². The second-order valence-electron chi connectivity index (χ2n) is 6.86. The molecule has 0 saturated heterocycles. The molecule has 2 aliphatic rings. The molecular formula is C21H20N2O2. The van der Waals surface area contributed by atoms with Crippen molar-refractivity contribution in [3.8, 4) is 11.8 Å². The second-order valence-corrected chi connectivity index (χ2v) is 6.86. The van der Waals surface area contributed by atoms with Crippen LogP contribution in [0, 0.1) is 11.3 Å². The number of hydrogen-bond acceptors (Lipinski definition) is 3. The minimum atomic E-state index is -0.343. The molecule has 1 spiro atoms. The number of hydrogen-bond donors (Lipinski definition) is 0. The topological polar surface area (TPSA) is 55.0 Å². The Kier molecular flexibility index (Phi) is 3.73. The molecule has 25 heavy (non-hydrogen) atoms. The number of nitrogens with zero attached hydrogens (tertiary/aromatic N) is 2. The molecule has 0 atom stereocenters. The standard InChI is InChI=1S/C21H20N2O2/c1-15-20(23-12-6-3-7-19(23)24)17-13-16(14-22)8-9-18(17)25-21(15)10-4-2-5-11-21/h3,6-9,12-13H,2,4-5,10-11H2,1H3. The molecule has 1 aromatic heterocycles. The smallest absolute Gasteiger partial charge is 0.255 e. The molecule has 0 unspecified atom stereocenters. The number of pyridine rings is 1. The number of aromatic nitrogens is 1. The Bertz CT molecular complexity index is 956. The second kappa shape index (κ2) is 5.93. The van der Waals surface area contributed by atoms with Crippen molar-refractivity contribution < 1.29 is 4.74 Å². The van der Waals surface area contributed by atoms with E-state index in [9.17, 15) is 10.1 Å².